The maximum Gasteiger partial charge on any atom is 0.261 e. The van der Waals surface area contributed by atoms with Gasteiger partial charge in [-0.05, 0) is 48.7 Å². The monoisotopic (exact) mass is 428 g/mol. The van der Waals surface area contributed by atoms with Crippen molar-refractivity contribution in [2.24, 2.45) is 5.14 Å². The molecular formula is C21H20N2O4S2. The summed E-state index contributed by atoms with van der Waals surface area (Å²) in [6, 6.07) is 14.2. The predicted octanol–water partition coefficient (Wildman–Crippen LogP) is 3.24. The summed E-state index contributed by atoms with van der Waals surface area (Å²) in [6.45, 7) is 2.95. The number of ether oxygens (including phenoxy) is 1. The van der Waals surface area contributed by atoms with Crippen LogP contribution >= 0.6 is 11.3 Å². The summed E-state index contributed by atoms with van der Waals surface area (Å²) in [6.07, 6.45) is 0.590. The Hall–Kier alpha value is -2.68. The lowest BCUT2D eigenvalue weighted by atomic mass is 10.0. The molecule has 3 aromatic rings. The maximum absolute atomic E-state index is 12.6. The molecule has 1 aliphatic heterocycles. The van der Waals surface area contributed by atoms with Gasteiger partial charge in [0, 0.05) is 22.5 Å². The van der Waals surface area contributed by atoms with Gasteiger partial charge in [0.25, 0.3) is 5.91 Å². The molecule has 0 atom stereocenters. The van der Waals surface area contributed by atoms with E-state index < -0.39 is 10.0 Å². The molecule has 8 heteroatoms. The third-order valence-corrected chi connectivity index (χ3v) is 6.95. The zero-order chi connectivity index (χ0) is 20.6. The van der Waals surface area contributed by atoms with Crippen LogP contribution in [0, 0.1) is 6.92 Å². The molecule has 1 amide bonds. The van der Waals surface area contributed by atoms with Gasteiger partial charge in [0.2, 0.25) is 10.0 Å². The van der Waals surface area contributed by atoms with Crippen molar-refractivity contribution in [3.8, 4) is 16.2 Å². The van der Waals surface area contributed by atoms with E-state index in [-0.39, 0.29) is 10.8 Å². The quantitative estimate of drug-likeness (QED) is 0.652. The number of rotatable bonds is 5. The highest BCUT2D eigenvalue weighted by molar-refractivity contribution is 7.89. The van der Waals surface area contributed by atoms with Crippen LogP contribution in [-0.2, 0) is 23.1 Å². The molecule has 3 N–H and O–H groups in total. The van der Waals surface area contributed by atoms with Gasteiger partial charge in [-0.25, -0.2) is 13.6 Å². The van der Waals surface area contributed by atoms with E-state index in [9.17, 15) is 13.2 Å². The van der Waals surface area contributed by atoms with Crippen LogP contribution in [0.2, 0.25) is 0 Å². The summed E-state index contributed by atoms with van der Waals surface area (Å²) >= 11 is 1.48. The molecule has 2 aromatic carbocycles. The minimum Gasteiger partial charge on any atom is -0.488 e. The molecule has 2 heterocycles. The summed E-state index contributed by atoms with van der Waals surface area (Å²) in [5, 5.41) is 8.03. The van der Waals surface area contributed by atoms with Gasteiger partial charge in [-0.15, -0.1) is 11.3 Å². The zero-order valence-corrected chi connectivity index (χ0v) is 17.4. The first-order valence-corrected chi connectivity index (χ1v) is 11.4. The van der Waals surface area contributed by atoms with Crippen molar-refractivity contribution in [1.82, 2.24) is 5.32 Å². The second-order valence-corrected chi connectivity index (χ2v) is 9.51. The number of sulfonamides is 1. The topological polar surface area (TPSA) is 98.5 Å². The Morgan fingerprint density at radius 3 is 2.69 bits per heavy atom. The van der Waals surface area contributed by atoms with Crippen LogP contribution < -0.4 is 15.2 Å². The van der Waals surface area contributed by atoms with Gasteiger partial charge in [-0.3, -0.25) is 4.79 Å². The van der Waals surface area contributed by atoms with E-state index in [0.29, 0.717) is 24.4 Å². The number of hydrogen-bond acceptors (Lipinski definition) is 5. The second kappa shape index (κ2) is 7.62. The van der Waals surface area contributed by atoms with Crippen LogP contribution in [0.3, 0.4) is 0 Å². The van der Waals surface area contributed by atoms with Gasteiger partial charge in [0.05, 0.1) is 9.77 Å². The van der Waals surface area contributed by atoms with Gasteiger partial charge in [0.1, 0.15) is 12.4 Å². The fourth-order valence-corrected chi connectivity index (χ4v) is 5.03. The van der Waals surface area contributed by atoms with Gasteiger partial charge in [-0.2, -0.15) is 0 Å². The highest BCUT2D eigenvalue weighted by Gasteiger charge is 2.23. The fourth-order valence-electron chi connectivity index (χ4n) is 3.32. The third-order valence-electron chi connectivity index (χ3n) is 4.83. The number of nitrogens with two attached hydrogens (primary N) is 1. The number of carbonyl (C=O) groups is 1. The minimum atomic E-state index is -3.69. The number of primary sulfonamides is 1. The number of benzene rings is 2. The van der Waals surface area contributed by atoms with Crippen molar-refractivity contribution in [3.63, 3.8) is 0 Å². The van der Waals surface area contributed by atoms with Gasteiger partial charge >= 0.3 is 0 Å². The van der Waals surface area contributed by atoms with Gasteiger partial charge < -0.3 is 10.1 Å². The van der Waals surface area contributed by atoms with Crippen molar-refractivity contribution in [3.05, 3.63) is 70.1 Å². The SMILES string of the molecule is Cc1cccc2c1-c1sc(C(=O)NCCc3ccc(S(N)(=O)=O)cc3)cc1CO2. The molecule has 0 radical (unpaired) electrons. The number of carbonyl (C=O) groups excluding carboxylic acids is 1. The molecule has 0 fully saturated rings. The molecule has 0 aliphatic carbocycles. The number of aryl methyl sites for hydroxylation is 1. The van der Waals surface area contributed by atoms with E-state index in [0.717, 1.165) is 32.9 Å². The number of nitrogens with one attached hydrogen (secondary N) is 1. The molecular weight excluding hydrogens is 408 g/mol. The summed E-state index contributed by atoms with van der Waals surface area (Å²) in [7, 11) is -3.69. The van der Waals surface area contributed by atoms with Gasteiger partial charge in [0.15, 0.2) is 0 Å². The van der Waals surface area contributed by atoms with Crippen molar-refractivity contribution < 1.29 is 17.9 Å². The Kier molecular flexibility index (Phi) is 5.16. The number of fused-ring (bicyclic) bond motifs is 3. The van der Waals surface area contributed by atoms with E-state index in [4.69, 9.17) is 9.88 Å². The van der Waals surface area contributed by atoms with Crippen molar-refractivity contribution in [1.29, 1.82) is 0 Å². The van der Waals surface area contributed by atoms with E-state index in [2.05, 4.69) is 5.32 Å². The predicted molar refractivity (Wildman–Crippen MR) is 113 cm³/mol. The van der Waals surface area contributed by atoms with Gasteiger partial charge in [-0.1, -0.05) is 24.3 Å². The normalized spacial score (nSPS) is 12.6. The lowest BCUT2D eigenvalue weighted by molar-refractivity contribution is 0.0958. The second-order valence-electron chi connectivity index (χ2n) is 6.90. The smallest absolute Gasteiger partial charge is 0.261 e. The molecule has 150 valence electrons. The molecule has 1 aliphatic rings. The van der Waals surface area contributed by atoms with Crippen LogP contribution in [0.25, 0.3) is 10.4 Å². The van der Waals surface area contributed by atoms with Crippen LogP contribution in [0.1, 0.15) is 26.4 Å². The lowest BCUT2D eigenvalue weighted by Crippen LogP contribution is -2.24. The molecule has 0 unspecified atom stereocenters. The Balaban J connectivity index is 1.42. The van der Waals surface area contributed by atoms with E-state index in [1.165, 1.54) is 23.5 Å². The Morgan fingerprint density at radius 1 is 1.21 bits per heavy atom. The maximum atomic E-state index is 12.6. The first-order valence-electron chi connectivity index (χ1n) is 9.08. The average Bonchev–Trinajstić information content (AvgIpc) is 3.12. The molecule has 0 saturated carbocycles. The Bertz CT molecular complexity index is 1180. The molecule has 4 rings (SSSR count). The van der Waals surface area contributed by atoms with E-state index in [1.807, 2.05) is 31.2 Å². The fraction of sp³-hybridized carbons (Fsp3) is 0.190. The van der Waals surface area contributed by atoms with E-state index >= 15 is 0 Å². The molecule has 0 saturated heterocycles. The number of hydrogen-bond donors (Lipinski definition) is 2. The largest absolute Gasteiger partial charge is 0.488 e. The van der Waals surface area contributed by atoms with Crippen LogP contribution in [-0.4, -0.2) is 20.9 Å². The van der Waals surface area contributed by atoms with Crippen LogP contribution in [0.4, 0.5) is 0 Å². The Morgan fingerprint density at radius 2 is 1.97 bits per heavy atom. The number of thiophene rings is 1. The molecule has 1 aromatic heterocycles. The summed E-state index contributed by atoms with van der Waals surface area (Å²) in [4.78, 5) is 14.4. The zero-order valence-electron chi connectivity index (χ0n) is 15.8. The molecule has 6 nitrogen and oxygen atoms in total. The highest BCUT2D eigenvalue weighted by atomic mass is 32.2. The average molecular weight is 429 g/mol. The van der Waals surface area contributed by atoms with Crippen molar-refractivity contribution in [2.45, 2.75) is 24.8 Å². The minimum absolute atomic E-state index is 0.0762. The molecule has 0 spiro atoms. The number of amides is 1. The van der Waals surface area contributed by atoms with Crippen molar-refractivity contribution >= 4 is 27.3 Å². The first kappa shape index (κ1) is 19.6. The highest BCUT2D eigenvalue weighted by Crippen LogP contribution is 2.44. The van der Waals surface area contributed by atoms with Crippen LogP contribution in [0.15, 0.2) is 53.4 Å². The van der Waals surface area contributed by atoms with E-state index in [1.54, 1.807) is 12.1 Å². The lowest BCUT2D eigenvalue weighted by Gasteiger charge is -2.19. The summed E-state index contributed by atoms with van der Waals surface area (Å²) in [5.74, 6) is 0.731. The van der Waals surface area contributed by atoms with Crippen molar-refractivity contribution in [2.75, 3.05) is 6.54 Å². The summed E-state index contributed by atoms with van der Waals surface area (Å²) < 4.78 is 28.4. The Labute approximate surface area is 173 Å². The summed E-state index contributed by atoms with van der Waals surface area (Å²) in [5.41, 5.74) is 4.13. The first-order chi connectivity index (χ1) is 13.8. The molecule has 29 heavy (non-hydrogen) atoms. The van der Waals surface area contributed by atoms with Crippen LogP contribution in [0.5, 0.6) is 5.75 Å². The third kappa shape index (κ3) is 4.05. The molecule has 0 bridgehead atoms. The standard InChI is InChI=1S/C21H20N2O4S2/c1-13-3-2-4-17-19(13)20-15(12-27-17)11-18(28-20)21(24)23-10-9-14-5-7-16(8-6-14)29(22,25)26/h2-8,11H,9-10,12H2,1H3,(H,23,24)(H2,22,25,26).